The normalized spacial score (nSPS) is 20.2. The molecule has 2 aliphatic rings. The van der Waals surface area contributed by atoms with Gasteiger partial charge in [-0.1, -0.05) is 6.07 Å². The van der Waals surface area contributed by atoms with Crippen molar-refractivity contribution in [3.8, 4) is 0 Å². The molecule has 170 valence electrons. The van der Waals surface area contributed by atoms with E-state index in [0.29, 0.717) is 30.7 Å². The zero-order valence-corrected chi connectivity index (χ0v) is 18.5. The van der Waals surface area contributed by atoms with Crippen molar-refractivity contribution in [2.75, 3.05) is 24.5 Å². The quantitative estimate of drug-likeness (QED) is 0.473. The van der Waals surface area contributed by atoms with Crippen molar-refractivity contribution in [2.45, 2.75) is 38.5 Å². The first-order valence-corrected chi connectivity index (χ1v) is 11.7. The van der Waals surface area contributed by atoms with E-state index in [0.717, 1.165) is 54.2 Å². The van der Waals surface area contributed by atoms with Crippen LogP contribution in [-0.2, 0) is 13.1 Å². The number of rotatable bonds is 7. The molecule has 7 nitrogen and oxygen atoms in total. The Morgan fingerprint density at radius 3 is 2.76 bits per heavy atom. The van der Waals surface area contributed by atoms with Gasteiger partial charge in [-0.2, -0.15) is 0 Å². The van der Waals surface area contributed by atoms with Crippen LogP contribution < -0.4 is 15.8 Å². The van der Waals surface area contributed by atoms with Gasteiger partial charge in [-0.25, -0.2) is 9.37 Å². The lowest BCUT2D eigenvalue weighted by Crippen LogP contribution is -2.37. The smallest absolute Gasteiger partial charge is 0.260 e. The van der Waals surface area contributed by atoms with E-state index in [1.807, 2.05) is 35.1 Å². The molecule has 5 heterocycles. The Hall–Kier alpha value is -3.26. The molecular weight excluding hydrogens is 419 g/mol. The maximum atomic E-state index is 13.1. The van der Waals surface area contributed by atoms with Gasteiger partial charge in [-0.05, 0) is 49.4 Å². The number of imidazole rings is 1. The van der Waals surface area contributed by atoms with Crippen molar-refractivity contribution in [3.63, 3.8) is 0 Å². The molecule has 1 aliphatic heterocycles. The first-order chi connectivity index (χ1) is 16.1. The average molecular weight is 447 g/mol. The lowest BCUT2D eigenvalue weighted by atomic mass is 9.83. The van der Waals surface area contributed by atoms with Crippen molar-refractivity contribution < 1.29 is 4.39 Å². The van der Waals surface area contributed by atoms with Crippen LogP contribution in [0, 0.1) is 5.92 Å². The summed E-state index contributed by atoms with van der Waals surface area (Å²) in [4.78, 5) is 24.4. The molecule has 0 aromatic carbocycles. The number of hydrogen-bond acceptors (Lipinski definition) is 5. The Labute approximate surface area is 190 Å². The maximum Gasteiger partial charge on any atom is 0.260 e. The number of halogens is 1. The molecule has 8 heteroatoms. The van der Waals surface area contributed by atoms with Crippen LogP contribution >= 0.6 is 0 Å². The van der Waals surface area contributed by atoms with Crippen LogP contribution in [0.2, 0.25) is 0 Å². The molecule has 1 aliphatic carbocycles. The molecule has 33 heavy (non-hydrogen) atoms. The van der Waals surface area contributed by atoms with Crippen molar-refractivity contribution in [3.05, 3.63) is 70.8 Å². The van der Waals surface area contributed by atoms with Crippen LogP contribution in [0.25, 0.3) is 16.4 Å². The summed E-state index contributed by atoms with van der Waals surface area (Å²) < 4.78 is 16.7. The predicted molar refractivity (Wildman–Crippen MR) is 126 cm³/mol. The number of alkyl halides is 1. The Morgan fingerprint density at radius 2 is 1.97 bits per heavy atom. The highest BCUT2D eigenvalue weighted by molar-refractivity contribution is 5.92. The van der Waals surface area contributed by atoms with Crippen molar-refractivity contribution in [2.24, 2.45) is 5.92 Å². The topological polar surface area (TPSA) is 67.5 Å². The van der Waals surface area contributed by atoms with E-state index in [4.69, 9.17) is 4.98 Å². The molecule has 4 aromatic heterocycles. The number of fused-ring (bicyclic) bond motifs is 2. The standard InChI is InChI=1S/C25H27FN6O/c26-19-8-18(9-19)11-27-10-17-2-3-24-29-20(16-32(24)14-17)15-31-7-4-21-22(25(31)33)12-28-13-23(21)30-5-1-6-30/h2-4,7,12-14,16,18-19,27H,1,5-6,8-11,15H2. The molecule has 0 bridgehead atoms. The summed E-state index contributed by atoms with van der Waals surface area (Å²) in [5, 5.41) is 5.03. The second-order valence-corrected chi connectivity index (χ2v) is 9.31. The average Bonchev–Trinajstić information content (AvgIpc) is 3.15. The third-order valence-corrected chi connectivity index (χ3v) is 6.91. The molecular formula is C25H27FN6O. The Balaban J connectivity index is 1.19. The third-order valence-electron chi connectivity index (χ3n) is 6.91. The minimum Gasteiger partial charge on any atom is -0.370 e. The fraction of sp³-hybridized carbons (Fsp3) is 0.400. The van der Waals surface area contributed by atoms with E-state index in [9.17, 15) is 9.18 Å². The van der Waals surface area contributed by atoms with Gasteiger partial charge < -0.3 is 19.2 Å². The molecule has 0 unspecified atom stereocenters. The van der Waals surface area contributed by atoms with Gasteiger partial charge in [0, 0.05) is 49.8 Å². The van der Waals surface area contributed by atoms with Gasteiger partial charge in [0.25, 0.3) is 5.56 Å². The van der Waals surface area contributed by atoms with E-state index < -0.39 is 6.17 Å². The zero-order valence-electron chi connectivity index (χ0n) is 18.5. The number of pyridine rings is 3. The van der Waals surface area contributed by atoms with E-state index in [2.05, 4.69) is 27.5 Å². The van der Waals surface area contributed by atoms with E-state index in [1.54, 1.807) is 10.8 Å². The van der Waals surface area contributed by atoms with E-state index in [1.165, 1.54) is 6.42 Å². The molecule has 1 saturated heterocycles. The zero-order chi connectivity index (χ0) is 22.4. The number of nitrogens with zero attached hydrogens (tertiary/aromatic N) is 5. The summed E-state index contributed by atoms with van der Waals surface area (Å²) in [6.45, 7) is 4.03. The molecule has 1 saturated carbocycles. The van der Waals surface area contributed by atoms with Crippen LogP contribution in [0.1, 0.15) is 30.5 Å². The monoisotopic (exact) mass is 446 g/mol. The van der Waals surface area contributed by atoms with Crippen LogP contribution in [0.5, 0.6) is 0 Å². The highest BCUT2D eigenvalue weighted by atomic mass is 19.1. The highest BCUT2D eigenvalue weighted by Gasteiger charge is 2.28. The van der Waals surface area contributed by atoms with E-state index in [-0.39, 0.29) is 5.56 Å². The molecule has 4 aromatic rings. The van der Waals surface area contributed by atoms with Gasteiger partial charge in [-0.3, -0.25) is 9.78 Å². The first-order valence-electron chi connectivity index (χ1n) is 11.7. The number of nitrogens with one attached hydrogen (secondary N) is 1. The van der Waals surface area contributed by atoms with Gasteiger partial charge >= 0.3 is 0 Å². The second-order valence-electron chi connectivity index (χ2n) is 9.31. The first kappa shape index (κ1) is 20.4. The summed E-state index contributed by atoms with van der Waals surface area (Å²) in [5.74, 6) is 0.459. The summed E-state index contributed by atoms with van der Waals surface area (Å²) >= 11 is 0. The van der Waals surface area contributed by atoms with Crippen LogP contribution in [0.4, 0.5) is 10.1 Å². The van der Waals surface area contributed by atoms with Crippen LogP contribution in [0.15, 0.2) is 54.0 Å². The second kappa shape index (κ2) is 8.26. The largest absolute Gasteiger partial charge is 0.370 e. The van der Waals surface area contributed by atoms with Crippen LogP contribution in [0.3, 0.4) is 0 Å². The van der Waals surface area contributed by atoms with Gasteiger partial charge in [0.2, 0.25) is 0 Å². The number of hydrogen-bond donors (Lipinski definition) is 1. The van der Waals surface area contributed by atoms with Crippen LogP contribution in [-0.4, -0.2) is 44.7 Å². The van der Waals surface area contributed by atoms with Gasteiger partial charge in [0.15, 0.2) is 0 Å². The summed E-state index contributed by atoms with van der Waals surface area (Å²) in [6.07, 6.45) is 11.3. The lowest BCUT2D eigenvalue weighted by molar-refractivity contribution is 0.129. The van der Waals surface area contributed by atoms with Gasteiger partial charge in [0.05, 0.1) is 29.5 Å². The van der Waals surface area contributed by atoms with Crippen molar-refractivity contribution in [1.82, 2.24) is 24.3 Å². The highest BCUT2D eigenvalue weighted by Crippen LogP contribution is 2.29. The van der Waals surface area contributed by atoms with Crippen molar-refractivity contribution in [1.29, 1.82) is 0 Å². The number of aromatic nitrogens is 4. The molecule has 1 N–H and O–H groups in total. The molecule has 0 amide bonds. The van der Waals surface area contributed by atoms with Gasteiger partial charge in [0.1, 0.15) is 11.8 Å². The minimum absolute atomic E-state index is 0.0455. The molecule has 0 spiro atoms. The number of anilines is 1. The minimum atomic E-state index is -0.605. The maximum absolute atomic E-state index is 13.1. The SMILES string of the molecule is O=c1c2cncc(N3CCC3)c2ccn1Cc1cn2cc(CNCC3CC(F)C3)ccc2n1. The van der Waals surface area contributed by atoms with E-state index >= 15 is 0 Å². The fourth-order valence-corrected chi connectivity index (χ4v) is 4.81. The molecule has 0 radical (unpaired) electrons. The summed E-state index contributed by atoms with van der Waals surface area (Å²) in [7, 11) is 0. The summed E-state index contributed by atoms with van der Waals surface area (Å²) in [6, 6.07) is 6.07. The third kappa shape index (κ3) is 3.88. The molecule has 2 fully saturated rings. The Bertz CT molecular complexity index is 1370. The Morgan fingerprint density at radius 1 is 1.09 bits per heavy atom. The lowest BCUT2D eigenvalue weighted by Gasteiger charge is -2.33. The van der Waals surface area contributed by atoms with Gasteiger partial charge in [-0.15, -0.1) is 0 Å². The molecule has 0 atom stereocenters. The molecule has 6 rings (SSSR count). The summed E-state index contributed by atoms with van der Waals surface area (Å²) in [5.41, 5.74) is 3.82. The van der Waals surface area contributed by atoms with Crippen molar-refractivity contribution >= 4 is 22.1 Å². The predicted octanol–water partition coefficient (Wildman–Crippen LogP) is 3.14. The Kier molecular flexibility index (Phi) is 5.10. The fourth-order valence-electron chi connectivity index (χ4n) is 4.81.